The van der Waals surface area contributed by atoms with Crippen LogP contribution >= 0.6 is 0 Å². The monoisotopic (exact) mass is 372 g/mol. The zero-order chi connectivity index (χ0) is 19.4. The molecule has 0 aliphatic carbocycles. The Labute approximate surface area is 160 Å². The van der Waals surface area contributed by atoms with Crippen molar-refractivity contribution in [2.24, 2.45) is 0 Å². The standard InChI is InChI=1S/C21H28N2O4/c1-5-26-20-9-7-16(10-21(20)25-4)11-23-12-17(18(13-23)22-15(3)24)19-8-6-14(2)27-19/h6-10,17-18H,5,11-13H2,1-4H3,(H,22,24)/t17-,18-/m1/s1. The van der Waals surface area contributed by atoms with E-state index in [9.17, 15) is 4.79 Å². The summed E-state index contributed by atoms with van der Waals surface area (Å²) in [5.74, 6) is 3.44. The topological polar surface area (TPSA) is 63.9 Å². The maximum Gasteiger partial charge on any atom is 0.217 e. The van der Waals surface area contributed by atoms with E-state index < -0.39 is 0 Å². The van der Waals surface area contributed by atoms with Crippen LogP contribution in [0.15, 0.2) is 34.7 Å². The van der Waals surface area contributed by atoms with Crippen molar-refractivity contribution in [2.75, 3.05) is 26.8 Å². The maximum absolute atomic E-state index is 11.6. The SMILES string of the molecule is CCOc1ccc(CN2C[C@@H](NC(C)=O)[C@H](c3ccc(C)o3)C2)cc1OC. The van der Waals surface area contributed by atoms with Gasteiger partial charge in [0.05, 0.1) is 25.7 Å². The summed E-state index contributed by atoms with van der Waals surface area (Å²) in [6.45, 7) is 8.43. The predicted molar refractivity (Wildman–Crippen MR) is 103 cm³/mol. The molecule has 0 bridgehead atoms. The third kappa shape index (κ3) is 4.63. The molecule has 3 rings (SSSR count). The van der Waals surface area contributed by atoms with Crippen LogP contribution in [0.4, 0.5) is 0 Å². The van der Waals surface area contributed by atoms with Gasteiger partial charge in [0.15, 0.2) is 11.5 Å². The Kier molecular flexibility index (Phi) is 6.06. The van der Waals surface area contributed by atoms with E-state index in [1.165, 1.54) is 0 Å². The van der Waals surface area contributed by atoms with E-state index in [0.717, 1.165) is 48.2 Å². The molecule has 0 spiro atoms. The molecule has 1 aromatic heterocycles. The van der Waals surface area contributed by atoms with Crippen molar-refractivity contribution in [3.63, 3.8) is 0 Å². The predicted octanol–water partition coefficient (Wildman–Crippen LogP) is 3.10. The van der Waals surface area contributed by atoms with Crippen molar-refractivity contribution in [3.8, 4) is 11.5 Å². The summed E-state index contributed by atoms with van der Waals surface area (Å²) < 4.78 is 16.9. The van der Waals surface area contributed by atoms with Gasteiger partial charge in [-0.3, -0.25) is 9.69 Å². The molecule has 1 aliphatic rings. The fraction of sp³-hybridized carbons (Fsp3) is 0.476. The summed E-state index contributed by atoms with van der Waals surface area (Å²) in [6, 6.07) is 10.1. The summed E-state index contributed by atoms with van der Waals surface area (Å²) in [6.07, 6.45) is 0. The number of likely N-dealkylation sites (tertiary alicyclic amines) is 1. The Morgan fingerprint density at radius 2 is 2.07 bits per heavy atom. The summed E-state index contributed by atoms with van der Waals surface area (Å²) in [4.78, 5) is 14.0. The van der Waals surface area contributed by atoms with Gasteiger partial charge in [-0.05, 0) is 43.7 Å². The molecular formula is C21H28N2O4. The number of methoxy groups -OCH3 is 1. The van der Waals surface area contributed by atoms with Gasteiger partial charge in [0.1, 0.15) is 11.5 Å². The molecule has 6 nitrogen and oxygen atoms in total. The van der Waals surface area contributed by atoms with Gasteiger partial charge < -0.3 is 19.2 Å². The maximum atomic E-state index is 11.6. The summed E-state index contributed by atoms with van der Waals surface area (Å²) >= 11 is 0. The van der Waals surface area contributed by atoms with Crippen molar-refractivity contribution >= 4 is 5.91 Å². The van der Waals surface area contributed by atoms with Crippen LogP contribution in [0.5, 0.6) is 11.5 Å². The van der Waals surface area contributed by atoms with Gasteiger partial charge >= 0.3 is 0 Å². The molecule has 0 saturated carbocycles. The number of aryl methyl sites for hydroxylation is 1. The number of rotatable bonds is 7. The number of nitrogens with zero attached hydrogens (tertiary/aromatic N) is 1. The molecule has 27 heavy (non-hydrogen) atoms. The van der Waals surface area contributed by atoms with Gasteiger partial charge in [-0.1, -0.05) is 6.07 Å². The van der Waals surface area contributed by atoms with Gasteiger partial charge in [-0.25, -0.2) is 0 Å². The first kappa shape index (κ1) is 19.3. The lowest BCUT2D eigenvalue weighted by Crippen LogP contribution is -2.38. The second kappa shape index (κ2) is 8.48. The van der Waals surface area contributed by atoms with Crippen molar-refractivity contribution < 1.29 is 18.7 Å². The van der Waals surface area contributed by atoms with E-state index in [-0.39, 0.29) is 17.9 Å². The lowest BCUT2D eigenvalue weighted by Gasteiger charge is -2.17. The average molecular weight is 372 g/mol. The Morgan fingerprint density at radius 3 is 2.70 bits per heavy atom. The normalized spacial score (nSPS) is 19.9. The number of hydrogen-bond acceptors (Lipinski definition) is 5. The first-order chi connectivity index (χ1) is 13.0. The average Bonchev–Trinajstić information content (AvgIpc) is 3.22. The zero-order valence-corrected chi connectivity index (χ0v) is 16.5. The smallest absolute Gasteiger partial charge is 0.217 e. The van der Waals surface area contributed by atoms with Crippen LogP contribution in [0, 0.1) is 6.92 Å². The van der Waals surface area contributed by atoms with E-state index in [1.54, 1.807) is 14.0 Å². The Balaban J connectivity index is 1.74. The van der Waals surface area contributed by atoms with Crippen molar-refractivity contribution in [1.82, 2.24) is 10.2 Å². The molecule has 1 aromatic carbocycles. The number of ether oxygens (including phenoxy) is 2. The van der Waals surface area contributed by atoms with Crippen LogP contribution in [0.25, 0.3) is 0 Å². The highest BCUT2D eigenvalue weighted by atomic mass is 16.5. The van der Waals surface area contributed by atoms with E-state index in [2.05, 4.69) is 16.3 Å². The number of nitrogens with one attached hydrogen (secondary N) is 1. The number of carbonyl (C=O) groups is 1. The van der Waals surface area contributed by atoms with Gasteiger partial charge in [0.25, 0.3) is 0 Å². The summed E-state index contributed by atoms with van der Waals surface area (Å²) in [5, 5.41) is 3.08. The number of benzene rings is 1. The second-order valence-electron chi connectivity index (χ2n) is 6.97. The summed E-state index contributed by atoms with van der Waals surface area (Å²) in [5.41, 5.74) is 1.15. The largest absolute Gasteiger partial charge is 0.493 e. The van der Waals surface area contributed by atoms with Gasteiger partial charge in [0, 0.05) is 26.6 Å². The van der Waals surface area contributed by atoms with Gasteiger partial charge in [0.2, 0.25) is 5.91 Å². The lowest BCUT2D eigenvalue weighted by molar-refractivity contribution is -0.119. The van der Waals surface area contributed by atoms with Gasteiger partial charge in [-0.15, -0.1) is 0 Å². The minimum Gasteiger partial charge on any atom is -0.493 e. The summed E-state index contributed by atoms with van der Waals surface area (Å²) in [7, 11) is 1.65. The molecule has 0 radical (unpaired) electrons. The zero-order valence-electron chi connectivity index (χ0n) is 16.5. The van der Waals surface area contributed by atoms with Crippen LogP contribution in [0.3, 0.4) is 0 Å². The van der Waals surface area contributed by atoms with E-state index in [4.69, 9.17) is 13.9 Å². The Hall–Kier alpha value is -2.47. The Bertz CT molecular complexity index is 786. The van der Waals surface area contributed by atoms with Crippen molar-refractivity contribution in [1.29, 1.82) is 0 Å². The fourth-order valence-corrected chi connectivity index (χ4v) is 3.71. The molecule has 6 heteroatoms. The number of hydrogen-bond donors (Lipinski definition) is 1. The fourth-order valence-electron chi connectivity index (χ4n) is 3.71. The minimum absolute atomic E-state index is 0.0159. The highest BCUT2D eigenvalue weighted by Crippen LogP contribution is 2.32. The van der Waals surface area contributed by atoms with E-state index in [1.807, 2.05) is 38.1 Å². The molecule has 1 saturated heterocycles. The second-order valence-corrected chi connectivity index (χ2v) is 6.97. The van der Waals surface area contributed by atoms with Crippen molar-refractivity contribution in [3.05, 3.63) is 47.4 Å². The van der Waals surface area contributed by atoms with Crippen LogP contribution in [0.2, 0.25) is 0 Å². The molecule has 2 aromatic rings. The first-order valence-corrected chi connectivity index (χ1v) is 9.35. The van der Waals surface area contributed by atoms with Crippen LogP contribution in [-0.2, 0) is 11.3 Å². The molecular weight excluding hydrogens is 344 g/mol. The molecule has 0 unspecified atom stereocenters. The highest BCUT2D eigenvalue weighted by molar-refractivity contribution is 5.73. The molecule has 1 aliphatic heterocycles. The van der Waals surface area contributed by atoms with E-state index >= 15 is 0 Å². The van der Waals surface area contributed by atoms with Crippen LogP contribution in [0.1, 0.15) is 36.8 Å². The molecule has 2 atom stereocenters. The highest BCUT2D eigenvalue weighted by Gasteiger charge is 2.36. The number of furan rings is 1. The third-order valence-corrected chi connectivity index (χ3v) is 4.84. The van der Waals surface area contributed by atoms with Crippen LogP contribution < -0.4 is 14.8 Å². The number of carbonyl (C=O) groups excluding carboxylic acids is 1. The van der Waals surface area contributed by atoms with Crippen molar-refractivity contribution in [2.45, 2.75) is 39.3 Å². The first-order valence-electron chi connectivity index (χ1n) is 9.35. The third-order valence-electron chi connectivity index (χ3n) is 4.84. The Morgan fingerprint density at radius 1 is 1.26 bits per heavy atom. The quantitative estimate of drug-likeness (QED) is 0.809. The van der Waals surface area contributed by atoms with Gasteiger partial charge in [-0.2, -0.15) is 0 Å². The molecule has 146 valence electrons. The molecule has 1 fully saturated rings. The van der Waals surface area contributed by atoms with Crippen LogP contribution in [-0.4, -0.2) is 43.7 Å². The molecule has 1 N–H and O–H groups in total. The minimum atomic E-state index is -0.0159. The molecule has 2 heterocycles. The molecule has 1 amide bonds. The number of amides is 1. The van der Waals surface area contributed by atoms with E-state index in [0.29, 0.717) is 6.61 Å². The lowest BCUT2D eigenvalue weighted by atomic mass is 10.0.